The van der Waals surface area contributed by atoms with Crippen LogP contribution in [0.15, 0.2) is 170 Å². The maximum Gasteiger partial charge on any atom is 0.181 e. The maximum absolute atomic E-state index is 5.06. The molecule has 0 bridgehead atoms. The first kappa shape index (κ1) is 38.7. The van der Waals surface area contributed by atoms with E-state index in [9.17, 15) is 0 Å². The van der Waals surface area contributed by atoms with E-state index in [1.165, 1.54) is 31.5 Å². The molecule has 2 aromatic heterocycles. The van der Waals surface area contributed by atoms with Crippen LogP contribution in [-0.4, -0.2) is 26.1 Å². The summed E-state index contributed by atoms with van der Waals surface area (Å²) in [6.45, 7) is 11.6. The van der Waals surface area contributed by atoms with Crippen molar-refractivity contribution in [2.75, 3.05) is 0 Å². The monoisotopic (exact) mass is 887 g/mol. The van der Waals surface area contributed by atoms with Crippen molar-refractivity contribution in [1.29, 1.82) is 0 Å². The van der Waals surface area contributed by atoms with E-state index in [2.05, 4.69) is 178 Å². The zero-order valence-electron chi connectivity index (χ0n) is 30.7. The van der Waals surface area contributed by atoms with Crippen LogP contribution in [0.1, 0.15) is 19.4 Å². The summed E-state index contributed by atoms with van der Waals surface area (Å²) in [6.07, 6.45) is 5.19. The summed E-state index contributed by atoms with van der Waals surface area (Å²) in [5.74, 6) is 0.526. The second kappa shape index (κ2) is 17.8. The van der Waals surface area contributed by atoms with Crippen molar-refractivity contribution in [1.82, 2.24) is 9.97 Å². The summed E-state index contributed by atoms with van der Waals surface area (Å²) in [4.78, 5) is 9.58. The van der Waals surface area contributed by atoms with Crippen molar-refractivity contribution in [3.05, 3.63) is 188 Å². The van der Waals surface area contributed by atoms with Crippen LogP contribution >= 0.6 is 0 Å². The Bertz CT molecular complexity index is 2000. The molecule has 0 aliphatic rings. The van der Waals surface area contributed by atoms with E-state index in [0.717, 1.165) is 28.9 Å². The molecule has 0 N–H and O–H groups in total. The fourth-order valence-electron chi connectivity index (χ4n) is 6.72. The van der Waals surface area contributed by atoms with Crippen molar-refractivity contribution in [3.8, 4) is 22.5 Å². The average Bonchev–Trinajstić information content (AvgIpc) is 3.17. The molecular weight excluding hydrogens is 841 g/mol. The van der Waals surface area contributed by atoms with E-state index in [4.69, 9.17) is 4.98 Å². The molecule has 2 heterocycles. The molecule has 263 valence electrons. The fourth-order valence-corrected chi connectivity index (χ4v) is 12.7. The zero-order valence-corrected chi connectivity index (χ0v) is 35.1. The minimum absolute atomic E-state index is 0. The van der Waals surface area contributed by atoms with E-state index in [0.29, 0.717) is 5.92 Å². The largest absolute Gasteiger partial charge is 0.305 e. The Balaban J connectivity index is 0.000000258. The van der Waals surface area contributed by atoms with Gasteiger partial charge < -0.3 is 9.97 Å². The van der Waals surface area contributed by atoms with Gasteiger partial charge in [-0.15, -0.1) is 71.8 Å². The normalized spacial score (nSPS) is 11.3. The van der Waals surface area contributed by atoms with Crippen molar-refractivity contribution in [3.63, 3.8) is 0 Å². The minimum Gasteiger partial charge on any atom is -0.305 e. The van der Waals surface area contributed by atoms with Crippen LogP contribution in [0, 0.1) is 18.1 Å². The molecule has 0 unspecified atom stereocenters. The molecule has 52 heavy (non-hydrogen) atoms. The number of nitrogens with zero attached hydrogens (tertiary/aromatic N) is 2. The summed E-state index contributed by atoms with van der Waals surface area (Å²) in [7, 11) is -3.84. The molecule has 0 amide bonds. The predicted octanol–water partition coefficient (Wildman–Crippen LogP) is 8.22. The average molecular weight is 887 g/mol. The fraction of sp³-hybridized carbons (Fsp3) is 0.149. The Morgan fingerprint density at radius 2 is 0.981 bits per heavy atom. The van der Waals surface area contributed by atoms with E-state index < -0.39 is 16.1 Å². The van der Waals surface area contributed by atoms with Gasteiger partial charge in [0.05, 0.1) is 8.07 Å². The molecule has 7 rings (SSSR count). The first-order valence-corrected chi connectivity index (χ1v) is 23.3. The molecular formula is C47H46IrN2Si2-2. The van der Waals surface area contributed by atoms with Crippen LogP contribution in [0.5, 0.6) is 0 Å². The van der Waals surface area contributed by atoms with Crippen LogP contribution in [-0.2, 0) is 26.5 Å². The van der Waals surface area contributed by atoms with Crippen LogP contribution < -0.4 is 25.9 Å². The Morgan fingerprint density at radius 1 is 0.519 bits per heavy atom. The molecule has 0 atom stereocenters. The summed E-state index contributed by atoms with van der Waals surface area (Å²) in [6, 6.07) is 62.5. The summed E-state index contributed by atoms with van der Waals surface area (Å²) in [5, 5.41) is 6.90. The van der Waals surface area contributed by atoms with Crippen molar-refractivity contribution < 1.29 is 20.1 Å². The Morgan fingerprint density at radius 3 is 1.38 bits per heavy atom. The van der Waals surface area contributed by atoms with Gasteiger partial charge in [0.1, 0.15) is 0 Å². The molecule has 0 aliphatic carbocycles. The van der Waals surface area contributed by atoms with E-state index in [-0.39, 0.29) is 20.1 Å². The predicted molar refractivity (Wildman–Crippen MR) is 222 cm³/mol. The molecule has 5 aromatic carbocycles. The Kier molecular flexibility index (Phi) is 13.3. The Labute approximate surface area is 326 Å². The third-order valence-electron chi connectivity index (χ3n) is 9.24. The molecule has 0 spiro atoms. The zero-order chi connectivity index (χ0) is 35.7. The standard InChI is InChI=1S/C33H30NSi.C14H16NSi.Ir/c1-26(2)23-28-24-32(27-15-7-3-8-16-27)34-25-33(28)35(29-17-9-4-10-18-29,30-19-11-5-12-20-30)31-21-13-6-14-22-31;1-16(2,3)13-9-10-14(15-11-13)12-7-5-4-6-8-12;/h3-15,17-22,24-26H,23H2,1-2H3;4-7,9-11H,1-3H3;/q2*-1;. The van der Waals surface area contributed by atoms with E-state index in [1.54, 1.807) is 0 Å². The van der Waals surface area contributed by atoms with Gasteiger partial charge >= 0.3 is 0 Å². The molecule has 7 aromatic rings. The molecule has 0 aliphatic heterocycles. The summed E-state index contributed by atoms with van der Waals surface area (Å²) < 4.78 is 0. The van der Waals surface area contributed by atoms with Gasteiger partial charge in [0.15, 0.2) is 8.07 Å². The quantitative estimate of drug-likeness (QED) is 0.0831. The first-order valence-electron chi connectivity index (χ1n) is 17.8. The minimum atomic E-state index is -2.61. The van der Waals surface area contributed by atoms with Gasteiger partial charge in [-0.2, -0.15) is 0 Å². The van der Waals surface area contributed by atoms with Crippen LogP contribution in [0.4, 0.5) is 0 Å². The van der Waals surface area contributed by atoms with Gasteiger partial charge in [-0.3, -0.25) is 0 Å². The Hall–Kier alpha value is -4.52. The number of benzene rings is 5. The van der Waals surface area contributed by atoms with Gasteiger partial charge in [0.25, 0.3) is 0 Å². The smallest absolute Gasteiger partial charge is 0.181 e. The molecule has 0 saturated heterocycles. The third kappa shape index (κ3) is 8.91. The van der Waals surface area contributed by atoms with Crippen LogP contribution in [0.2, 0.25) is 19.6 Å². The molecule has 5 heteroatoms. The number of hydrogen-bond acceptors (Lipinski definition) is 2. The third-order valence-corrected chi connectivity index (χ3v) is 16.1. The number of hydrogen-bond donors (Lipinski definition) is 0. The topological polar surface area (TPSA) is 25.8 Å². The second-order valence-corrected chi connectivity index (χ2v) is 23.3. The van der Waals surface area contributed by atoms with Gasteiger partial charge in [-0.1, -0.05) is 148 Å². The molecule has 1 radical (unpaired) electrons. The summed E-state index contributed by atoms with van der Waals surface area (Å²) in [5.41, 5.74) is 5.47. The SMILES string of the molecule is CC(C)Cc1cc(-c2[c-]cccc2)ncc1[Si](c1ccccc1)(c1ccccc1)c1ccccc1.C[Si](C)(C)c1ccc(-c2[c-]cccc2)nc1.[Ir]. The van der Waals surface area contributed by atoms with E-state index in [1.807, 2.05) is 42.6 Å². The van der Waals surface area contributed by atoms with E-state index >= 15 is 0 Å². The van der Waals surface area contributed by atoms with Gasteiger partial charge in [0, 0.05) is 32.5 Å². The van der Waals surface area contributed by atoms with Crippen molar-refractivity contribution in [2.24, 2.45) is 5.92 Å². The number of rotatable bonds is 9. The van der Waals surface area contributed by atoms with Gasteiger partial charge in [-0.05, 0) is 49.7 Å². The van der Waals surface area contributed by atoms with Gasteiger partial charge in [-0.25, -0.2) is 0 Å². The summed E-state index contributed by atoms with van der Waals surface area (Å²) >= 11 is 0. The van der Waals surface area contributed by atoms with Crippen molar-refractivity contribution in [2.45, 2.75) is 39.9 Å². The van der Waals surface area contributed by atoms with Gasteiger partial charge in [0.2, 0.25) is 0 Å². The molecule has 2 nitrogen and oxygen atoms in total. The van der Waals surface area contributed by atoms with Crippen molar-refractivity contribution >= 4 is 42.1 Å². The van der Waals surface area contributed by atoms with Crippen LogP contribution in [0.3, 0.4) is 0 Å². The molecule has 0 saturated carbocycles. The van der Waals surface area contributed by atoms with Crippen LogP contribution in [0.25, 0.3) is 22.5 Å². The number of aromatic nitrogens is 2. The first-order chi connectivity index (χ1) is 24.8. The maximum atomic E-state index is 5.06. The number of pyridine rings is 2. The second-order valence-electron chi connectivity index (χ2n) is 14.4. The molecule has 0 fully saturated rings.